The Labute approximate surface area is 127 Å². The van der Waals surface area contributed by atoms with Crippen LogP contribution in [0.25, 0.3) is 0 Å². The van der Waals surface area contributed by atoms with Crippen LogP contribution < -0.4 is 5.32 Å². The predicted octanol–water partition coefficient (Wildman–Crippen LogP) is 4.41. The molecule has 1 atom stereocenters. The summed E-state index contributed by atoms with van der Waals surface area (Å²) in [6.45, 7) is 4.10. The van der Waals surface area contributed by atoms with E-state index in [-0.39, 0.29) is 11.9 Å². The van der Waals surface area contributed by atoms with Crippen LogP contribution in [0.4, 0.5) is 5.82 Å². The highest BCUT2D eigenvalue weighted by Crippen LogP contribution is 2.23. The molecule has 106 valence electrons. The zero-order valence-corrected chi connectivity index (χ0v) is 12.7. The molecule has 0 aliphatic heterocycles. The third kappa shape index (κ3) is 3.14. The van der Waals surface area contributed by atoms with Crippen LogP contribution in [0, 0.1) is 0 Å². The van der Waals surface area contributed by atoms with Crippen molar-refractivity contribution in [3.8, 4) is 0 Å². The molecule has 0 spiro atoms. The van der Waals surface area contributed by atoms with Gasteiger partial charge in [0.1, 0.15) is 5.82 Å². The number of hydrogen-bond donors (Lipinski definition) is 1. The van der Waals surface area contributed by atoms with Crippen molar-refractivity contribution in [2.24, 2.45) is 0 Å². The Bertz CT molecular complexity index is 625. The zero-order chi connectivity index (χ0) is 14.7. The maximum absolute atomic E-state index is 12.2. The van der Waals surface area contributed by atoms with Crippen molar-refractivity contribution in [3.05, 3.63) is 46.1 Å². The highest BCUT2D eigenvalue weighted by Gasteiger charge is 2.14. The lowest BCUT2D eigenvalue weighted by Gasteiger charge is -2.14. The van der Waals surface area contributed by atoms with Crippen LogP contribution in [0.1, 0.15) is 36.7 Å². The normalized spacial score (nSPS) is 12.2. The Morgan fingerprint density at radius 3 is 2.80 bits per heavy atom. The number of nitrogens with one attached hydrogen (secondary N) is 1. The first-order valence-corrected chi connectivity index (χ1v) is 7.08. The fraction of sp³-hybridized carbons (Fsp3) is 0.286. The minimum Gasteiger partial charge on any atom is -0.307 e. The van der Waals surface area contributed by atoms with Crippen LogP contribution in [0.15, 0.2) is 30.5 Å². The van der Waals surface area contributed by atoms with Gasteiger partial charge in [-0.05, 0) is 31.5 Å². The van der Waals surface area contributed by atoms with Crippen molar-refractivity contribution in [2.45, 2.75) is 26.3 Å². The van der Waals surface area contributed by atoms with Crippen molar-refractivity contribution >= 4 is 34.9 Å². The standard InChI is InChI=1S/C14H15Cl2N3O/c1-3-9(2)19-13(6-7-17-19)18-14(20)11-5-4-10(15)8-12(11)16/h4-9H,3H2,1-2H3,(H,18,20). The molecule has 0 saturated carbocycles. The minimum absolute atomic E-state index is 0.209. The molecule has 0 bridgehead atoms. The average Bonchev–Trinajstić information content (AvgIpc) is 2.85. The molecule has 2 aromatic rings. The van der Waals surface area contributed by atoms with Gasteiger partial charge < -0.3 is 5.32 Å². The van der Waals surface area contributed by atoms with Crippen LogP contribution in [0.5, 0.6) is 0 Å². The van der Waals surface area contributed by atoms with Crippen LogP contribution >= 0.6 is 23.2 Å². The van der Waals surface area contributed by atoms with Crippen molar-refractivity contribution in [3.63, 3.8) is 0 Å². The SMILES string of the molecule is CCC(C)n1nccc1NC(=O)c1ccc(Cl)cc1Cl. The predicted molar refractivity (Wildman–Crippen MR) is 81.6 cm³/mol. The smallest absolute Gasteiger partial charge is 0.258 e. The number of carbonyl (C=O) groups excluding carboxylic acids is 1. The summed E-state index contributed by atoms with van der Waals surface area (Å²) < 4.78 is 1.78. The summed E-state index contributed by atoms with van der Waals surface area (Å²) in [6.07, 6.45) is 2.58. The van der Waals surface area contributed by atoms with E-state index in [4.69, 9.17) is 23.2 Å². The van der Waals surface area contributed by atoms with Crippen molar-refractivity contribution < 1.29 is 4.79 Å². The minimum atomic E-state index is -0.281. The van der Waals surface area contributed by atoms with Crippen molar-refractivity contribution in [1.82, 2.24) is 9.78 Å². The van der Waals surface area contributed by atoms with Crippen molar-refractivity contribution in [1.29, 1.82) is 0 Å². The molecule has 6 heteroatoms. The number of aromatic nitrogens is 2. The molecule has 1 unspecified atom stereocenters. The average molecular weight is 312 g/mol. The van der Waals surface area contributed by atoms with E-state index in [1.54, 1.807) is 35.1 Å². The van der Waals surface area contributed by atoms with Gasteiger partial charge in [-0.3, -0.25) is 4.79 Å². The first-order chi connectivity index (χ1) is 9.52. The van der Waals surface area contributed by atoms with Gasteiger partial charge >= 0.3 is 0 Å². The first kappa shape index (κ1) is 14.9. The van der Waals surface area contributed by atoms with E-state index in [0.717, 1.165) is 6.42 Å². The summed E-state index contributed by atoms with van der Waals surface area (Å²) >= 11 is 11.8. The highest BCUT2D eigenvalue weighted by atomic mass is 35.5. The lowest BCUT2D eigenvalue weighted by atomic mass is 10.2. The van der Waals surface area contributed by atoms with E-state index in [1.807, 2.05) is 6.92 Å². The second-order valence-corrected chi connectivity index (χ2v) is 5.34. The van der Waals surface area contributed by atoms with Crippen LogP contribution in [0.3, 0.4) is 0 Å². The molecule has 1 aromatic heterocycles. The van der Waals surface area contributed by atoms with Crippen LogP contribution in [-0.2, 0) is 0 Å². The maximum atomic E-state index is 12.2. The van der Waals surface area contributed by atoms with Gasteiger partial charge in [0.2, 0.25) is 0 Å². The lowest BCUT2D eigenvalue weighted by Crippen LogP contribution is -2.17. The van der Waals surface area contributed by atoms with Gasteiger partial charge in [-0.15, -0.1) is 0 Å². The third-order valence-corrected chi connectivity index (χ3v) is 3.64. The van der Waals surface area contributed by atoms with Crippen LogP contribution in [-0.4, -0.2) is 15.7 Å². The van der Waals surface area contributed by atoms with Gasteiger partial charge in [0, 0.05) is 11.1 Å². The van der Waals surface area contributed by atoms with E-state index in [1.165, 1.54) is 0 Å². The maximum Gasteiger partial charge on any atom is 0.258 e. The summed E-state index contributed by atoms with van der Waals surface area (Å²) in [4.78, 5) is 12.2. The zero-order valence-electron chi connectivity index (χ0n) is 11.2. The lowest BCUT2D eigenvalue weighted by molar-refractivity contribution is 0.102. The van der Waals surface area contributed by atoms with Crippen molar-refractivity contribution in [2.75, 3.05) is 5.32 Å². The molecule has 0 fully saturated rings. The second kappa shape index (κ2) is 6.29. The second-order valence-electron chi connectivity index (χ2n) is 4.50. The van der Waals surface area contributed by atoms with Gasteiger partial charge in [-0.2, -0.15) is 5.10 Å². The number of halogens is 2. The summed E-state index contributed by atoms with van der Waals surface area (Å²) in [6, 6.07) is 6.75. The molecule has 4 nitrogen and oxygen atoms in total. The molecule has 20 heavy (non-hydrogen) atoms. The number of hydrogen-bond acceptors (Lipinski definition) is 2. The molecule has 0 aliphatic rings. The molecule has 0 aliphatic carbocycles. The molecule has 1 amide bonds. The number of rotatable bonds is 4. The highest BCUT2D eigenvalue weighted by molar-refractivity contribution is 6.37. The fourth-order valence-corrected chi connectivity index (χ4v) is 2.29. The summed E-state index contributed by atoms with van der Waals surface area (Å²) in [5.41, 5.74) is 0.382. The molecular formula is C14H15Cl2N3O. The van der Waals surface area contributed by atoms with Gasteiger partial charge in [-0.1, -0.05) is 30.1 Å². The third-order valence-electron chi connectivity index (χ3n) is 3.10. The molecule has 0 radical (unpaired) electrons. The number of anilines is 1. The summed E-state index contributed by atoms with van der Waals surface area (Å²) in [5, 5.41) is 7.85. The Balaban J connectivity index is 2.22. The van der Waals surface area contributed by atoms with E-state index in [2.05, 4.69) is 17.3 Å². The molecule has 0 saturated heterocycles. The van der Waals surface area contributed by atoms with Gasteiger partial charge in [0.15, 0.2) is 0 Å². The Morgan fingerprint density at radius 1 is 1.40 bits per heavy atom. The largest absolute Gasteiger partial charge is 0.307 e. The van der Waals surface area contributed by atoms with E-state index in [9.17, 15) is 4.79 Å². The molecule has 2 rings (SSSR count). The summed E-state index contributed by atoms with van der Waals surface area (Å²) in [5.74, 6) is 0.368. The van der Waals surface area contributed by atoms with Gasteiger partial charge in [0.25, 0.3) is 5.91 Å². The topological polar surface area (TPSA) is 46.9 Å². The number of carbonyl (C=O) groups is 1. The Morgan fingerprint density at radius 2 is 2.15 bits per heavy atom. The summed E-state index contributed by atoms with van der Waals surface area (Å²) in [7, 11) is 0. The molecular weight excluding hydrogens is 297 g/mol. The first-order valence-electron chi connectivity index (χ1n) is 6.32. The number of nitrogens with zero attached hydrogens (tertiary/aromatic N) is 2. The number of amides is 1. The van der Waals surface area contributed by atoms with E-state index >= 15 is 0 Å². The van der Waals surface area contributed by atoms with Crippen LogP contribution in [0.2, 0.25) is 10.0 Å². The fourth-order valence-electron chi connectivity index (χ4n) is 1.79. The number of benzene rings is 1. The quantitative estimate of drug-likeness (QED) is 0.909. The molecule has 1 heterocycles. The van der Waals surface area contributed by atoms with E-state index in [0.29, 0.717) is 21.4 Å². The van der Waals surface area contributed by atoms with Gasteiger partial charge in [-0.25, -0.2) is 4.68 Å². The van der Waals surface area contributed by atoms with E-state index < -0.39 is 0 Å². The Kier molecular flexibility index (Phi) is 4.68. The molecule has 1 N–H and O–H groups in total. The van der Waals surface area contributed by atoms with Gasteiger partial charge in [0.05, 0.1) is 22.8 Å². The monoisotopic (exact) mass is 311 g/mol. The molecule has 1 aromatic carbocycles. The Hall–Kier alpha value is -1.52.